The van der Waals surface area contributed by atoms with Crippen molar-refractivity contribution in [1.82, 2.24) is 19.4 Å². The molecule has 8 heteroatoms. The first kappa shape index (κ1) is 16.2. The Labute approximate surface area is 153 Å². The van der Waals surface area contributed by atoms with Crippen molar-refractivity contribution >= 4 is 27.9 Å². The van der Waals surface area contributed by atoms with E-state index in [0.29, 0.717) is 18.2 Å². The molecule has 1 aromatic carbocycles. The average Bonchev–Trinajstić information content (AvgIpc) is 3.24. The molecule has 0 unspecified atom stereocenters. The number of hydrogen-bond donors (Lipinski definition) is 1. The van der Waals surface area contributed by atoms with Crippen LogP contribution < -0.4 is 10.1 Å². The molecule has 26 heavy (non-hydrogen) atoms. The van der Waals surface area contributed by atoms with Crippen LogP contribution in [0.15, 0.2) is 54.4 Å². The van der Waals surface area contributed by atoms with Gasteiger partial charge in [0.1, 0.15) is 12.0 Å². The molecule has 3 aromatic heterocycles. The highest BCUT2D eigenvalue weighted by Crippen LogP contribution is 2.24. The lowest BCUT2D eigenvalue weighted by molar-refractivity contribution is 0.102. The summed E-state index contributed by atoms with van der Waals surface area (Å²) in [6.07, 6.45) is 5.24. The van der Waals surface area contributed by atoms with E-state index < -0.39 is 0 Å². The molecule has 0 fully saturated rings. The van der Waals surface area contributed by atoms with Crippen molar-refractivity contribution < 1.29 is 9.53 Å². The summed E-state index contributed by atoms with van der Waals surface area (Å²) in [6.45, 7) is 2.33. The van der Waals surface area contributed by atoms with Gasteiger partial charge in [-0.05, 0) is 19.1 Å². The van der Waals surface area contributed by atoms with Crippen molar-refractivity contribution in [2.24, 2.45) is 0 Å². The standard InChI is InChI=1S/C18H15N5O2S/c1-2-25-16-9-14(19-11-20-16)17(24)21-13-5-3-4-12(8-13)15-10-23-6-7-26-18(23)22-15/h3-11H,2H2,1H3,(H,21,24). The highest BCUT2D eigenvalue weighted by Gasteiger charge is 2.11. The number of anilines is 1. The zero-order valence-electron chi connectivity index (χ0n) is 13.9. The molecule has 0 atom stereocenters. The van der Waals surface area contributed by atoms with E-state index in [1.54, 1.807) is 11.3 Å². The van der Waals surface area contributed by atoms with E-state index in [1.807, 2.05) is 53.4 Å². The fourth-order valence-electron chi connectivity index (χ4n) is 2.51. The molecular formula is C18H15N5O2S. The number of aromatic nitrogens is 4. The predicted molar refractivity (Wildman–Crippen MR) is 99.7 cm³/mol. The van der Waals surface area contributed by atoms with Crippen LogP contribution in [0.5, 0.6) is 5.88 Å². The summed E-state index contributed by atoms with van der Waals surface area (Å²) in [4.78, 5) is 25.9. The Morgan fingerprint density at radius 1 is 1.31 bits per heavy atom. The number of thiazole rings is 1. The zero-order chi connectivity index (χ0) is 17.9. The predicted octanol–water partition coefficient (Wildman–Crippen LogP) is 3.50. The van der Waals surface area contributed by atoms with Crippen LogP contribution in [0.4, 0.5) is 5.69 Å². The number of ether oxygens (including phenoxy) is 1. The number of hydrogen-bond acceptors (Lipinski definition) is 6. The number of rotatable bonds is 5. The SMILES string of the molecule is CCOc1cc(C(=O)Nc2cccc(-c3cn4ccsc4n3)c2)ncn1. The van der Waals surface area contributed by atoms with Gasteiger partial charge in [-0.25, -0.2) is 15.0 Å². The number of benzene rings is 1. The van der Waals surface area contributed by atoms with Gasteiger partial charge in [0.15, 0.2) is 4.96 Å². The lowest BCUT2D eigenvalue weighted by atomic mass is 10.1. The maximum Gasteiger partial charge on any atom is 0.274 e. The van der Waals surface area contributed by atoms with Crippen LogP contribution in [0.2, 0.25) is 0 Å². The second-order valence-electron chi connectivity index (χ2n) is 5.43. The number of fused-ring (bicyclic) bond motifs is 1. The summed E-state index contributed by atoms with van der Waals surface area (Å²) in [5.41, 5.74) is 2.70. The molecule has 0 saturated carbocycles. The molecule has 0 aliphatic carbocycles. The number of amides is 1. The van der Waals surface area contributed by atoms with Crippen LogP contribution in [0.3, 0.4) is 0 Å². The van der Waals surface area contributed by atoms with Crippen molar-refractivity contribution in [3.05, 3.63) is 60.1 Å². The van der Waals surface area contributed by atoms with Gasteiger partial charge in [-0.2, -0.15) is 0 Å². The van der Waals surface area contributed by atoms with Crippen LogP contribution in [-0.4, -0.2) is 31.9 Å². The second-order valence-corrected chi connectivity index (χ2v) is 6.30. The molecule has 0 aliphatic heterocycles. The van der Waals surface area contributed by atoms with Crippen molar-refractivity contribution in [3.63, 3.8) is 0 Å². The van der Waals surface area contributed by atoms with Gasteiger partial charge in [-0.3, -0.25) is 9.20 Å². The summed E-state index contributed by atoms with van der Waals surface area (Å²) in [5, 5.41) is 4.84. The Morgan fingerprint density at radius 2 is 2.23 bits per heavy atom. The van der Waals surface area contributed by atoms with Gasteiger partial charge < -0.3 is 10.1 Å². The molecule has 1 amide bonds. The van der Waals surface area contributed by atoms with E-state index in [2.05, 4.69) is 20.3 Å². The minimum atomic E-state index is -0.323. The summed E-state index contributed by atoms with van der Waals surface area (Å²) < 4.78 is 7.28. The molecule has 0 aliphatic rings. The normalized spacial score (nSPS) is 10.8. The lowest BCUT2D eigenvalue weighted by Crippen LogP contribution is -2.14. The van der Waals surface area contributed by atoms with E-state index in [9.17, 15) is 4.79 Å². The van der Waals surface area contributed by atoms with Gasteiger partial charge in [0.2, 0.25) is 5.88 Å². The second kappa shape index (κ2) is 6.93. The first-order valence-corrected chi connectivity index (χ1v) is 8.90. The third kappa shape index (κ3) is 3.27. The lowest BCUT2D eigenvalue weighted by Gasteiger charge is -2.07. The number of nitrogens with one attached hydrogen (secondary N) is 1. The third-order valence-corrected chi connectivity index (χ3v) is 4.45. The monoisotopic (exact) mass is 365 g/mol. The summed E-state index contributed by atoms with van der Waals surface area (Å²) in [5.74, 6) is 0.0517. The third-order valence-electron chi connectivity index (χ3n) is 3.68. The molecular weight excluding hydrogens is 350 g/mol. The van der Waals surface area contributed by atoms with Crippen LogP contribution in [0.1, 0.15) is 17.4 Å². The van der Waals surface area contributed by atoms with Crippen LogP contribution >= 0.6 is 11.3 Å². The summed E-state index contributed by atoms with van der Waals surface area (Å²) in [7, 11) is 0. The van der Waals surface area contributed by atoms with Gasteiger partial charge in [0.05, 0.1) is 12.3 Å². The quantitative estimate of drug-likeness (QED) is 0.585. The smallest absolute Gasteiger partial charge is 0.274 e. The summed E-state index contributed by atoms with van der Waals surface area (Å²) >= 11 is 1.58. The van der Waals surface area contributed by atoms with Crippen LogP contribution in [0.25, 0.3) is 16.2 Å². The molecule has 0 radical (unpaired) electrons. The maximum atomic E-state index is 12.4. The van der Waals surface area contributed by atoms with Crippen LogP contribution in [0, 0.1) is 0 Å². The van der Waals surface area contributed by atoms with Gasteiger partial charge in [0.25, 0.3) is 5.91 Å². The highest BCUT2D eigenvalue weighted by atomic mass is 32.1. The van der Waals surface area contributed by atoms with Gasteiger partial charge in [0, 0.05) is 35.1 Å². The van der Waals surface area contributed by atoms with E-state index in [-0.39, 0.29) is 11.6 Å². The topological polar surface area (TPSA) is 81.4 Å². The summed E-state index contributed by atoms with van der Waals surface area (Å²) in [6, 6.07) is 9.07. The van der Waals surface area contributed by atoms with E-state index in [4.69, 9.17) is 4.74 Å². The maximum absolute atomic E-state index is 12.4. The van der Waals surface area contributed by atoms with E-state index in [1.165, 1.54) is 12.4 Å². The molecule has 4 aromatic rings. The Bertz CT molecular complexity index is 1040. The fourth-order valence-corrected chi connectivity index (χ4v) is 3.21. The van der Waals surface area contributed by atoms with Crippen molar-refractivity contribution in [2.45, 2.75) is 6.92 Å². The molecule has 0 bridgehead atoms. The first-order valence-electron chi connectivity index (χ1n) is 8.02. The molecule has 4 rings (SSSR count). The average molecular weight is 365 g/mol. The minimum Gasteiger partial charge on any atom is -0.478 e. The van der Waals surface area contributed by atoms with Gasteiger partial charge >= 0.3 is 0 Å². The minimum absolute atomic E-state index is 0.247. The number of carbonyl (C=O) groups is 1. The number of carbonyl (C=O) groups excluding carboxylic acids is 1. The largest absolute Gasteiger partial charge is 0.478 e. The van der Waals surface area contributed by atoms with E-state index >= 15 is 0 Å². The van der Waals surface area contributed by atoms with Crippen molar-refractivity contribution in [1.29, 1.82) is 0 Å². The Hall–Kier alpha value is -3.26. The molecule has 7 nitrogen and oxygen atoms in total. The molecule has 0 spiro atoms. The van der Waals surface area contributed by atoms with E-state index in [0.717, 1.165) is 16.2 Å². The highest BCUT2D eigenvalue weighted by molar-refractivity contribution is 7.15. The number of imidazole rings is 1. The Kier molecular flexibility index (Phi) is 4.32. The number of nitrogens with zero attached hydrogens (tertiary/aromatic N) is 4. The van der Waals surface area contributed by atoms with Gasteiger partial charge in [-0.15, -0.1) is 11.3 Å². The van der Waals surface area contributed by atoms with Crippen LogP contribution in [-0.2, 0) is 0 Å². The molecule has 0 saturated heterocycles. The molecule has 130 valence electrons. The fraction of sp³-hybridized carbons (Fsp3) is 0.111. The molecule has 1 N–H and O–H groups in total. The van der Waals surface area contributed by atoms with Crippen molar-refractivity contribution in [3.8, 4) is 17.1 Å². The molecule has 3 heterocycles. The Morgan fingerprint density at radius 3 is 3.08 bits per heavy atom. The Balaban J connectivity index is 1.56. The first-order chi connectivity index (χ1) is 12.7. The van der Waals surface area contributed by atoms with Crippen molar-refractivity contribution in [2.75, 3.05) is 11.9 Å². The van der Waals surface area contributed by atoms with Gasteiger partial charge in [-0.1, -0.05) is 12.1 Å². The zero-order valence-corrected chi connectivity index (χ0v) is 14.7.